The monoisotopic (exact) mass is 290 g/mol. The van der Waals surface area contributed by atoms with Crippen molar-refractivity contribution in [1.82, 2.24) is 20.5 Å². The molecule has 0 aromatic carbocycles. The summed E-state index contributed by atoms with van der Waals surface area (Å²) in [5.41, 5.74) is 0.795. The third kappa shape index (κ3) is 3.67. The molecule has 0 saturated carbocycles. The fraction of sp³-hybridized carbons (Fsp3) is 0.231. The molecule has 104 valence electrons. The summed E-state index contributed by atoms with van der Waals surface area (Å²) in [5.74, 6) is 0.312. The fourth-order valence-electron chi connectivity index (χ4n) is 1.39. The molecule has 2 rings (SSSR count). The van der Waals surface area contributed by atoms with Crippen molar-refractivity contribution < 1.29 is 9.21 Å². The number of aromatic nitrogens is 3. The van der Waals surface area contributed by atoms with Gasteiger partial charge in [-0.25, -0.2) is 0 Å². The van der Waals surface area contributed by atoms with E-state index in [1.807, 2.05) is 0 Å². The molecule has 1 unspecified atom stereocenters. The van der Waals surface area contributed by atoms with E-state index in [0.717, 1.165) is 5.56 Å². The smallest absolute Gasteiger partial charge is 0.277 e. The van der Waals surface area contributed by atoms with E-state index in [0.29, 0.717) is 17.7 Å². The van der Waals surface area contributed by atoms with E-state index in [2.05, 4.69) is 27.1 Å². The molecule has 0 spiro atoms. The van der Waals surface area contributed by atoms with Crippen LogP contribution < -0.4 is 5.32 Å². The van der Waals surface area contributed by atoms with Crippen LogP contribution in [0.15, 0.2) is 46.8 Å². The Morgan fingerprint density at radius 2 is 2.25 bits per heavy atom. The van der Waals surface area contributed by atoms with Gasteiger partial charge in [0.2, 0.25) is 11.8 Å². The van der Waals surface area contributed by atoms with Gasteiger partial charge in [-0.3, -0.25) is 9.78 Å². The first kappa shape index (κ1) is 14.3. The van der Waals surface area contributed by atoms with E-state index in [1.165, 1.54) is 11.8 Å². The number of nitrogens with one attached hydrogen (secondary N) is 1. The summed E-state index contributed by atoms with van der Waals surface area (Å²) < 4.78 is 5.51. The lowest BCUT2D eigenvalue weighted by atomic mass is 10.3. The fourth-order valence-corrected chi connectivity index (χ4v) is 2.10. The van der Waals surface area contributed by atoms with Gasteiger partial charge >= 0.3 is 0 Å². The lowest BCUT2D eigenvalue weighted by molar-refractivity contribution is -0.120. The third-order valence-electron chi connectivity index (χ3n) is 2.40. The molecule has 0 aliphatic heterocycles. The molecule has 0 fully saturated rings. The molecule has 2 aromatic heterocycles. The topological polar surface area (TPSA) is 80.9 Å². The molecule has 2 aromatic rings. The predicted molar refractivity (Wildman–Crippen MR) is 76.1 cm³/mol. The molecule has 0 bridgehead atoms. The van der Waals surface area contributed by atoms with Gasteiger partial charge in [0.05, 0.1) is 5.25 Å². The number of carbonyl (C=O) groups is 1. The van der Waals surface area contributed by atoms with Crippen LogP contribution in [-0.2, 0) is 4.79 Å². The lowest BCUT2D eigenvalue weighted by Gasteiger charge is -2.07. The highest BCUT2D eigenvalue weighted by atomic mass is 32.2. The summed E-state index contributed by atoms with van der Waals surface area (Å²) in [7, 11) is 0. The van der Waals surface area contributed by atoms with Crippen molar-refractivity contribution in [2.45, 2.75) is 17.4 Å². The van der Waals surface area contributed by atoms with Gasteiger partial charge in [-0.05, 0) is 19.1 Å². The Labute approximate surface area is 120 Å². The quantitative estimate of drug-likeness (QED) is 0.646. The number of hydrogen-bond acceptors (Lipinski definition) is 6. The zero-order valence-electron chi connectivity index (χ0n) is 10.9. The molecule has 0 saturated heterocycles. The number of pyridine rings is 1. The normalized spacial score (nSPS) is 11.8. The molecule has 1 amide bonds. The average molecular weight is 290 g/mol. The van der Waals surface area contributed by atoms with Crippen LogP contribution in [0.4, 0.5) is 0 Å². The zero-order chi connectivity index (χ0) is 14.4. The van der Waals surface area contributed by atoms with Crippen LogP contribution in [0.2, 0.25) is 0 Å². The molecule has 0 aliphatic carbocycles. The van der Waals surface area contributed by atoms with Crippen LogP contribution in [0, 0.1) is 0 Å². The van der Waals surface area contributed by atoms with E-state index >= 15 is 0 Å². The minimum atomic E-state index is -0.319. The molecular weight excluding hydrogens is 276 g/mol. The Morgan fingerprint density at radius 3 is 2.95 bits per heavy atom. The molecular formula is C13H14N4O2S. The van der Waals surface area contributed by atoms with Crippen molar-refractivity contribution in [2.75, 3.05) is 6.54 Å². The first-order chi connectivity index (χ1) is 9.70. The minimum absolute atomic E-state index is 0.0986. The van der Waals surface area contributed by atoms with Gasteiger partial charge in [0.15, 0.2) is 0 Å². The van der Waals surface area contributed by atoms with Crippen LogP contribution >= 0.6 is 11.8 Å². The maximum atomic E-state index is 11.7. The summed E-state index contributed by atoms with van der Waals surface area (Å²) in [6.45, 7) is 5.76. The second-order valence-electron chi connectivity index (χ2n) is 3.90. The lowest BCUT2D eigenvalue weighted by Crippen LogP contribution is -2.30. The number of carbonyl (C=O) groups excluding carboxylic acids is 1. The van der Waals surface area contributed by atoms with Gasteiger partial charge < -0.3 is 9.73 Å². The van der Waals surface area contributed by atoms with E-state index in [4.69, 9.17) is 4.42 Å². The van der Waals surface area contributed by atoms with Gasteiger partial charge in [-0.15, -0.1) is 16.8 Å². The van der Waals surface area contributed by atoms with E-state index < -0.39 is 0 Å². The van der Waals surface area contributed by atoms with Crippen molar-refractivity contribution in [3.8, 4) is 11.5 Å². The molecule has 7 heteroatoms. The summed E-state index contributed by atoms with van der Waals surface area (Å²) in [5, 5.41) is 10.6. The maximum Gasteiger partial charge on any atom is 0.277 e. The Bertz CT molecular complexity index is 585. The second-order valence-corrected chi connectivity index (χ2v) is 5.19. The van der Waals surface area contributed by atoms with E-state index in [1.54, 1.807) is 37.5 Å². The standard InChI is InChI=1S/C13H14N4O2S/c1-3-6-15-11(18)9(2)20-13-17-16-12(19-13)10-4-7-14-8-5-10/h3-5,7-9H,1,6H2,2H3,(H,15,18). The number of hydrogen-bond donors (Lipinski definition) is 1. The number of thioether (sulfide) groups is 1. The van der Waals surface area contributed by atoms with Gasteiger partial charge in [0.25, 0.3) is 5.22 Å². The van der Waals surface area contributed by atoms with Crippen molar-refractivity contribution in [3.05, 3.63) is 37.2 Å². The predicted octanol–water partition coefficient (Wildman–Crippen LogP) is 1.91. The number of amides is 1. The highest BCUT2D eigenvalue weighted by Gasteiger charge is 2.18. The average Bonchev–Trinajstić information content (AvgIpc) is 2.94. The van der Waals surface area contributed by atoms with E-state index in [-0.39, 0.29) is 11.2 Å². The number of nitrogens with zero attached hydrogens (tertiary/aromatic N) is 3. The highest BCUT2D eigenvalue weighted by Crippen LogP contribution is 2.25. The zero-order valence-corrected chi connectivity index (χ0v) is 11.8. The SMILES string of the molecule is C=CCNC(=O)C(C)Sc1nnc(-c2ccncc2)o1. The first-order valence-corrected chi connectivity index (χ1v) is 6.88. The largest absolute Gasteiger partial charge is 0.411 e. The first-order valence-electron chi connectivity index (χ1n) is 6.00. The summed E-state index contributed by atoms with van der Waals surface area (Å²) in [4.78, 5) is 15.6. The van der Waals surface area contributed by atoms with Crippen LogP contribution in [0.3, 0.4) is 0 Å². The minimum Gasteiger partial charge on any atom is -0.411 e. The van der Waals surface area contributed by atoms with Gasteiger partial charge in [0.1, 0.15) is 0 Å². The molecule has 0 radical (unpaired) electrons. The van der Waals surface area contributed by atoms with Crippen molar-refractivity contribution in [2.24, 2.45) is 0 Å². The molecule has 0 aliphatic rings. The van der Waals surface area contributed by atoms with Crippen LogP contribution in [0.25, 0.3) is 11.5 Å². The summed E-state index contributed by atoms with van der Waals surface area (Å²) in [6.07, 6.45) is 4.93. The van der Waals surface area contributed by atoms with Crippen LogP contribution in [-0.4, -0.2) is 32.9 Å². The van der Waals surface area contributed by atoms with Crippen LogP contribution in [0.5, 0.6) is 0 Å². The molecule has 1 atom stereocenters. The van der Waals surface area contributed by atoms with Gasteiger partial charge in [0, 0.05) is 24.5 Å². The molecule has 2 heterocycles. The molecule has 6 nitrogen and oxygen atoms in total. The maximum absolute atomic E-state index is 11.7. The Hall–Kier alpha value is -2.15. The second kappa shape index (κ2) is 6.85. The summed E-state index contributed by atoms with van der Waals surface area (Å²) in [6, 6.07) is 3.56. The van der Waals surface area contributed by atoms with Crippen molar-refractivity contribution in [3.63, 3.8) is 0 Å². The van der Waals surface area contributed by atoms with E-state index in [9.17, 15) is 4.79 Å². The van der Waals surface area contributed by atoms with Crippen LogP contribution in [0.1, 0.15) is 6.92 Å². The highest BCUT2D eigenvalue weighted by molar-refractivity contribution is 8.00. The molecule has 20 heavy (non-hydrogen) atoms. The Morgan fingerprint density at radius 1 is 1.50 bits per heavy atom. The van der Waals surface area contributed by atoms with Crippen molar-refractivity contribution >= 4 is 17.7 Å². The van der Waals surface area contributed by atoms with Crippen molar-refractivity contribution in [1.29, 1.82) is 0 Å². The van der Waals surface area contributed by atoms with Gasteiger partial charge in [-0.1, -0.05) is 17.8 Å². The Balaban J connectivity index is 1.99. The third-order valence-corrected chi connectivity index (χ3v) is 3.34. The molecule has 1 N–H and O–H groups in total. The number of rotatable bonds is 6. The summed E-state index contributed by atoms with van der Waals surface area (Å²) >= 11 is 1.22. The Kier molecular flexibility index (Phi) is 4.89. The van der Waals surface area contributed by atoms with Gasteiger partial charge in [-0.2, -0.15) is 0 Å².